The molecule has 2 heterocycles. The van der Waals surface area contributed by atoms with Crippen LogP contribution in [0.5, 0.6) is 0 Å². The third-order valence-corrected chi connectivity index (χ3v) is 5.25. The average molecular weight is 441 g/mol. The van der Waals surface area contributed by atoms with Crippen LogP contribution in [0.2, 0.25) is 0 Å². The van der Waals surface area contributed by atoms with Gasteiger partial charge in [-0.3, -0.25) is 4.79 Å². The smallest absolute Gasteiger partial charge is 0.357 e. The SMILES string of the molecule is Cc1nnnn1/C(=C\c1ccccc1)C(=O)OCC(=O)c1cc(C)n(-c2ccccc2)c1C. The van der Waals surface area contributed by atoms with Gasteiger partial charge in [0.1, 0.15) is 0 Å². The lowest BCUT2D eigenvalue weighted by Crippen LogP contribution is -2.19. The van der Waals surface area contributed by atoms with Gasteiger partial charge in [0.05, 0.1) is 0 Å². The fourth-order valence-corrected chi connectivity index (χ4v) is 3.67. The van der Waals surface area contributed by atoms with E-state index < -0.39 is 12.6 Å². The number of para-hydroxylation sites is 1. The van der Waals surface area contributed by atoms with Gasteiger partial charge in [-0.05, 0) is 61.0 Å². The van der Waals surface area contributed by atoms with Gasteiger partial charge in [-0.15, -0.1) is 5.10 Å². The summed E-state index contributed by atoms with van der Waals surface area (Å²) >= 11 is 0. The lowest BCUT2D eigenvalue weighted by Gasteiger charge is -2.10. The van der Waals surface area contributed by atoms with E-state index in [9.17, 15) is 9.59 Å². The van der Waals surface area contributed by atoms with Crippen LogP contribution in [0.25, 0.3) is 17.5 Å². The third-order valence-electron chi connectivity index (χ3n) is 5.25. The molecule has 8 nitrogen and oxygen atoms in total. The fraction of sp³-hybridized carbons (Fsp3) is 0.160. The van der Waals surface area contributed by atoms with E-state index in [0.29, 0.717) is 11.4 Å². The Kier molecular flexibility index (Phi) is 6.26. The van der Waals surface area contributed by atoms with Crippen molar-refractivity contribution in [2.45, 2.75) is 20.8 Å². The number of tetrazole rings is 1. The predicted octanol–water partition coefficient (Wildman–Crippen LogP) is 3.81. The topological polar surface area (TPSA) is 91.9 Å². The van der Waals surface area contributed by atoms with Crippen LogP contribution < -0.4 is 0 Å². The summed E-state index contributed by atoms with van der Waals surface area (Å²) in [5.41, 5.74) is 4.07. The molecule has 0 unspecified atom stereocenters. The molecule has 0 aliphatic rings. The first-order valence-corrected chi connectivity index (χ1v) is 10.4. The number of aryl methyl sites for hydroxylation is 2. The predicted molar refractivity (Wildman–Crippen MR) is 124 cm³/mol. The zero-order valence-electron chi connectivity index (χ0n) is 18.6. The summed E-state index contributed by atoms with van der Waals surface area (Å²) < 4.78 is 8.69. The molecule has 0 radical (unpaired) electrons. The molecule has 0 N–H and O–H groups in total. The number of carbonyl (C=O) groups is 2. The Morgan fingerprint density at radius 1 is 0.970 bits per heavy atom. The van der Waals surface area contributed by atoms with Gasteiger partial charge >= 0.3 is 5.97 Å². The number of esters is 1. The molecular formula is C25H23N5O3. The molecule has 33 heavy (non-hydrogen) atoms. The Morgan fingerprint density at radius 3 is 2.27 bits per heavy atom. The number of hydrogen-bond donors (Lipinski definition) is 0. The lowest BCUT2D eigenvalue weighted by atomic mass is 10.1. The zero-order chi connectivity index (χ0) is 23.4. The van der Waals surface area contributed by atoms with E-state index >= 15 is 0 Å². The lowest BCUT2D eigenvalue weighted by molar-refractivity contribution is -0.136. The Labute approximate surface area is 191 Å². The van der Waals surface area contributed by atoms with Crippen molar-refractivity contribution in [1.29, 1.82) is 0 Å². The van der Waals surface area contributed by atoms with Crippen molar-refractivity contribution in [3.05, 3.63) is 95.1 Å². The van der Waals surface area contributed by atoms with Crippen LogP contribution in [0.4, 0.5) is 0 Å². The summed E-state index contributed by atoms with van der Waals surface area (Å²) in [6, 6.07) is 20.9. The zero-order valence-corrected chi connectivity index (χ0v) is 18.6. The maximum Gasteiger partial charge on any atom is 0.357 e. The second kappa shape index (κ2) is 9.44. The second-order valence-corrected chi connectivity index (χ2v) is 7.53. The van der Waals surface area contributed by atoms with Crippen LogP contribution >= 0.6 is 0 Å². The average Bonchev–Trinajstić information content (AvgIpc) is 3.38. The van der Waals surface area contributed by atoms with Gasteiger partial charge in [-0.1, -0.05) is 48.5 Å². The van der Waals surface area contributed by atoms with Crippen molar-refractivity contribution in [1.82, 2.24) is 24.8 Å². The van der Waals surface area contributed by atoms with Crippen LogP contribution in [0.1, 0.15) is 33.1 Å². The number of nitrogens with zero attached hydrogens (tertiary/aromatic N) is 5. The largest absolute Gasteiger partial charge is 0.453 e. The Hall–Kier alpha value is -4.33. The number of benzene rings is 2. The van der Waals surface area contributed by atoms with Gasteiger partial charge in [0.25, 0.3) is 0 Å². The highest BCUT2D eigenvalue weighted by molar-refractivity contribution is 6.16. The van der Waals surface area contributed by atoms with E-state index in [1.807, 2.05) is 85.1 Å². The molecule has 0 fully saturated rings. The fourth-order valence-electron chi connectivity index (χ4n) is 3.67. The van der Waals surface area contributed by atoms with Crippen molar-refractivity contribution >= 4 is 23.5 Å². The minimum atomic E-state index is -0.695. The molecule has 0 saturated heterocycles. The van der Waals surface area contributed by atoms with Gasteiger partial charge in [0.2, 0.25) is 5.78 Å². The highest BCUT2D eigenvalue weighted by Gasteiger charge is 2.22. The Balaban J connectivity index is 1.56. The van der Waals surface area contributed by atoms with Crippen LogP contribution in [0.3, 0.4) is 0 Å². The van der Waals surface area contributed by atoms with E-state index in [0.717, 1.165) is 22.6 Å². The summed E-state index contributed by atoms with van der Waals surface area (Å²) in [4.78, 5) is 25.9. The summed E-state index contributed by atoms with van der Waals surface area (Å²) in [6.07, 6.45) is 1.62. The standard InChI is InChI=1S/C25H23N5O3/c1-17-14-22(18(2)29(17)21-12-8-5-9-13-21)24(31)16-33-25(32)23(30-19(3)26-27-28-30)15-20-10-6-4-7-11-20/h4-15H,16H2,1-3H3/b23-15-. The molecule has 0 amide bonds. The molecule has 0 bridgehead atoms. The summed E-state index contributed by atoms with van der Waals surface area (Å²) in [7, 11) is 0. The van der Waals surface area contributed by atoms with Gasteiger partial charge in [-0.25, -0.2) is 4.79 Å². The van der Waals surface area contributed by atoms with Crippen molar-refractivity contribution in [3.8, 4) is 5.69 Å². The monoisotopic (exact) mass is 441 g/mol. The normalized spacial score (nSPS) is 11.4. The number of aromatic nitrogens is 5. The number of carbonyl (C=O) groups excluding carboxylic acids is 2. The number of rotatable bonds is 7. The van der Waals surface area contributed by atoms with Crippen LogP contribution in [0, 0.1) is 20.8 Å². The molecule has 0 saturated carbocycles. The van der Waals surface area contributed by atoms with Crippen LogP contribution in [0.15, 0.2) is 66.7 Å². The van der Waals surface area contributed by atoms with Gasteiger partial charge in [-0.2, -0.15) is 4.68 Å². The highest BCUT2D eigenvalue weighted by Crippen LogP contribution is 2.21. The minimum absolute atomic E-state index is 0.117. The van der Waals surface area contributed by atoms with Gasteiger partial charge in [0.15, 0.2) is 18.1 Å². The summed E-state index contributed by atoms with van der Waals surface area (Å²) in [6.45, 7) is 5.09. The summed E-state index contributed by atoms with van der Waals surface area (Å²) in [5, 5.41) is 11.3. The maximum atomic E-state index is 12.9. The first-order chi connectivity index (χ1) is 16.0. The molecule has 4 rings (SSSR count). The number of Topliss-reactive ketones (excluding diaryl/α,β-unsaturated/α-hetero) is 1. The van der Waals surface area contributed by atoms with Gasteiger partial charge < -0.3 is 9.30 Å². The number of ether oxygens (including phenoxy) is 1. The van der Waals surface area contributed by atoms with Crippen molar-refractivity contribution < 1.29 is 14.3 Å². The molecule has 0 aliphatic heterocycles. The van der Waals surface area contributed by atoms with E-state index in [1.165, 1.54) is 4.68 Å². The third kappa shape index (κ3) is 4.64. The van der Waals surface area contributed by atoms with Crippen molar-refractivity contribution in [3.63, 3.8) is 0 Å². The number of hydrogen-bond acceptors (Lipinski definition) is 6. The molecule has 0 spiro atoms. The highest BCUT2D eigenvalue weighted by atomic mass is 16.5. The van der Waals surface area contributed by atoms with E-state index in [-0.39, 0.29) is 11.5 Å². The van der Waals surface area contributed by atoms with E-state index in [2.05, 4.69) is 15.5 Å². The number of ketones is 1. The van der Waals surface area contributed by atoms with Gasteiger partial charge in [0, 0.05) is 22.6 Å². The van der Waals surface area contributed by atoms with Crippen LogP contribution in [-0.4, -0.2) is 43.1 Å². The molecule has 0 atom stereocenters. The first-order valence-electron chi connectivity index (χ1n) is 10.4. The maximum absolute atomic E-state index is 12.9. The molecule has 2 aromatic heterocycles. The van der Waals surface area contributed by atoms with E-state index in [4.69, 9.17) is 4.74 Å². The molecule has 8 heteroatoms. The minimum Gasteiger partial charge on any atom is -0.453 e. The van der Waals surface area contributed by atoms with Crippen molar-refractivity contribution in [2.75, 3.05) is 6.61 Å². The molecule has 4 aromatic rings. The molecule has 2 aromatic carbocycles. The first kappa shape index (κ1) is 21.9. The molecular weight excluding hydrogens is 418 g/mol. The molecule has 0 aliphatic carbocycles. The van der Waals surface area contributed by atoms with Crippen molar-refractivity contribution in [2.24, 2.45) is 0 Å². The Bertz CT molecular complexity index is 1320. The van der Waals surface area contributed by atoms with Crippen LogP contribution in [-0.2, 0) is 9.53 Å². The quantitative estimate of drug-likeness (QED) is 0.246. The molecule has 166 valence electrons. The Morgan fingerprint density at radius 2 is 1.64 bits per heavy atom. The summed E-state index contributed by atoms with van der Waals surface area (Å²) in [5.74, 6) is -0.558. The van der Waals surface area contributed by atoms with E-state index in [1.54, 1.807) is 13.0 Å². The second-order valence-electron chi connectivity index (χ2n) is 7.53.